The summed E-state index contributed by atoms with van der Waals surface area (Å²) in [6.45, 7) is 0.324. The molecule has 2 aromatic carbocycles. The van der Waals surface area contributed by atoms with Crippen LogP contribution in [0, 0.1) is 5.82 Å². The number of ether oxygens (including phenoxy) is 1. The van der Waals surface area contributed by atoms with E-state index in [1.807, 2.05) is 0 Å². The molecule has 0 fully saturated rings. The van der Waals surface area contributed by atoms with Gasteiger partial charge < -0.3 is 15.4 Å². The van der Waals surface area contributed by atoms with Crippen molar-refractivity contribution < 1.29 is 13.9 Å². The molecule has 1 heterocycles. The number of anilines is 2. The molecule has 0 saturated heterocycles. The molecule has 3 aromatic rings. The monoisotopic (exact) mass is 385 g/mol. The first-order valence-corrected chi connectivity index (χ1v) is 8.53. The van der Waals surface area contributed by atoms with Crippen LogP contribution in [-0.4, -0.2) is 18.0 Å². The number of hydrogen-bond acceptors (Lipinski definition) is 4. The highest BCUT2D eigenvalue weighted by Crippen LogP contribution is 2.27. The van der Waals surface area contributed by atoms with Crippen molar-refractivity contribution in [2.24, 2.45) is 0 Å². The molecule has 27 heavy (non-hydrogen) atoms. The molecule has 0 atom stereocenters. The fourth-order valence-electron chi connectivity index (χ4n) is 2.41. The zero-order chi connectivity index (χ0) is 19.2. The van der Waals surface area contributed by atoms with Gasteiger partial charge in [0.05, 0.1) is 24.0 Å². The molecule has 0 bridgehead atoms. The summed E-state index contributed by atoms with van der Waals surface area (Å²) in [6.07, 6.45) is 1.52. The third-order valence-electron chi connectivity index (χ3n) is 3.85. The van der Waals surface area contributed by atoms with Crippen LogP contribution >= 0.6 is 11.6 Å². The molecule has 138 valence electrons. The van der Waals surface area contributed by atoms with Gasteiger partial charge in [-0.05, 0) is 36.4 Å². The van der Waals surface area contributed by atoms with Crippen LogP contribution in [0.3, 0.4) is 0 Å². The Morgan fingerprint density at radius 2 is 1.93 bits per heavy atom. The predicted molar refractivity (Wildman–Crippen MR) is 104 cm³/mol. The Morgan fingerprint density at radius 3 is 2.59 bits per heavy atom. The minimum Gasteiger partial charge on any atom is -0.495 e. The van der Waals surface area contributed by atoms with E-state index >= 15 is 0 Å². The van der Waals surface area contributed by atoms with Crippen LogP contribution in [0.4, 0.5) is 15.8 Å². The third-order valence-corrected chi connectivity index (χ3v) is 4.14. The Kier molecular flexibility index (Phi) is 5.88. The van der Waals surface area contributed by atoms with Gasteiger partial charge in [0.25, 0.3) is 5.91 Å². The van der Waals surface area contributed by atoms with E-state index in [2.05, 4.69) is 15.6 Å². The Labute approximate surface area is 161 Å². The summed E-state index contributed by atoms with van der Waals surface area (Å²) in [5, 5.41) is 6.19. The molecule has 1 aromatic heterocycles. The number of aromatic nitrogens is 1. The molecular weight excluding hydrogens is 369 g/mol. The highest BCUT2D eigenvalue weighted by atomic mass is 35.5. The van der Waals surface area contributed by atoms with Crippen LogP contribution in [0.25, 0.3) is 0 Å². The Morgan fingerprint density at radius 1 is 1.15 bits per heavy atom. The summed E-state index contributed by atoms with van der Waals surface area (Å²) in [6, 6.07) is 14.8. The van der Waals surface area contributed by atoms with Gasteiger partial charge in [0.15, 0.2) is 0 Å². The van der Waals surface area contributed by atoms with Crippen molar-refractivity contribution in [3.63, 3.8) is 0 Å². The van der Waals surface area contributed by atoms with Crippen molar-refractivity contribution in [2.75, 3.05) is 17.7 Å². The van der Waals surface area contributed by atoms with Gasteiger partial charge in [-0.1, -0.05) is 29.8 Å². The Hall–Kier alpha value is -3.12. The second kappa shape index (κ2) is 8.51. The number of carbonyl (C=O) groups is 1. The average Bonchev–Trinajstić information content (AvgIpc) is 2.68. The lowest BCUT2D eigenvalue weighted by atomic mass is 10.2. The smallest absolute Gasteiger partial charge is 0.274 e. The van der Waals surface area contributed by atoms with Crippen LogP contribution < -0.4 is 15.4 Å². The van der Waals surface area contributed by atoms with Crippen LogP contribution in [0.1, 0.15) is 16.1 Å². The van der Waals surface area contributed by atoms with E-state index in [1.54, 1.807) is 48.5 Å². The lowest BCUT2D eigenvalue weighted by Crippen LogP contribution is -2.13. The van der Waals surface area contributed by atoms with E-state index in [0.717, 1.165) is 0 Å². The van der Waals surface area contributed by atoms with Crippen molar-refractivity contribution in [3.8, 4) is 5.75 Å². The van der Waals surface area contributed by atoms with Crippen LogP contribution in [0.5, 0.6) is 5.75 Å². The molecule has 0 aliphatic rings. The van der Waals surface area contributed by atoms with Crippen molar-refractivity contribution in [3.05, 3.63) is 82.9 Å². The van der Waals surface area contributed by atoms with Crippen molar-refractivity contribution in [2.45, 2.75) is 6.54 Å². The molecule has 0 saturated carbocycles. The van der Waals surface area contributed by atoms with E-state index in [1.165, 1.54) is 19.4 Å². The summed E-state index contributed by atoms with van der Waals surface area (Å²) in [4.78, 5) is 16.4. The fraction of sp³-hybridized carbons (Fsp3) is 0.100. The molecule has 2 N–H and O–H groups in total. The number of carbonyl (C=O) groups excluding carboxylic acids is 1. The minimum atomic E-state index is -0.364. The predicted octanol–water partition coefficient (Wildman–Crippen LogP) is 4.75. The van der Waals surface area contributed by atoms with E-state index in [0.29, 0.717) is 34.3 Å². The molecular formula is C20H17ClFN3O2. The summed E-state index contributed by atoms with van der Waals surface area (Å²) >= 11 is 6.05. The van der Waals surface area contributed by atoms with Gasteiger partial charge in [0, 0.05) is 17.8 Å². The summed E-state index contributed by atoms with van der Waals surface area (Å²) < 4.78 is 18.7. The van der Waals surface area contributed by atoms with Gasteiger partial charge in [-0.25, -0.2) is 9.37 Å². The highest BCUT2D eigenvalue weighted by molar-refractivity contribution is 6.32. The number of amides is 1. The van der Waals surface area contributed by atoms with Crippen molar-refractivity contribution in [1.82, 2.24) is 4.98 Å². The van der Waals surface area contributed by atoms with E-state index < -0.39 is 0 Å². The number of hydrogen-bond donors (Lipinski definition) is 2. The van der Waals surface area contributed by atoms with Gasteiger partial charge in [0.2, 0.25) is 0 Å². The standard InChI is InChI=1S/C20H17ClFN3O2/c1-27-19-9-7-14(10-16(19)21)25-20(26)18-8-6-15(12-24-18)23-11-13-4-2-3-5-17(13)22/h2-10,12,23H,11H2,1H3,(H,25,26). The van der Waals surface area contributed by atoms with E-state index in [-0.39, 0.29) is 17.4 Å². The topological polar surface area (TPSA) is 63.2 Å². The number of benzene rings is 2. The van der Waals surface area contributed by atoms with E-state index in [9.17, 15) is 9.18 Å². The van der Waals surface area contributed by atoms with Gasteiger partial charge in [0.1, 0.15) is 17.3 Å². The molecule has 0 aliphatic heterocycles. The summed E-state index contributed by atoms with van der Waals surface area (Å²) in [7, 11) is 1.52. The van der Waals surface area contributed by atoms with Gasteiger partial charge in [-0.2, -0.15) is 0 Å². The lowest BCUT2D eigenvalue weighted by Gasteiger charge is -2.09. The first kappa shape index (κ1) is 18.7. The third kappa shape index (κ3) is 4.74. The maximum atomic E-state index is 13.6. The normalized spacial score (nSPS) is 10.3. The molecule has 0 radical (unpaired) electrons. The van der Waals surface area contributed by atoms with Gasteiger partial charge in [-0.15, -0.1) is 0 Å². The Bertz CT molecular complexity index is 948. The molecule has 7 heteroatoms. The largest absolute Gasteiger partial charge is 0.495 e. The number of methoxy groups -OCH3 is 1. The number of nitrogens with one attached hydrogen (secondary N) is 2. The first-order valence-electron chi connectivity index (χ1n) is 8.15. The molecule has 3 rings (SSSR count). The van der Waals surface area contributed by atoms with Crippen LogP contribution in [-0.2, 0) is 6.54 Å². The minimum absolute atomic E-state index is 0.249. The second-order valence-corrected chi connectivity index (χ2v) is 6.09. The Balaban J connectivity index is 1.62. The maximum Gasteiger partial charge on any atom is 0.274 e. The van der Waals surface area contributed by atoms with Crippen molar-refractivity contribution in [1.29, 1.82) is 0 Å². The summed E-state index contributed by atoms with van der Waals surface area (Å²) in [5.41, 5.74) is 2.02. The zero-order valence-electron chi connectivity index (χ0n) is 14.5. The quantitative estimate of drug-likeness (QED) is 0.643. The highest BCUT2D eigenvalue weighted by Gasteiger charge is 2.10. The molecule has 1 amide bonds. The van der Waals surface area contributed by atoms with Crippen LogP contribution in [0.2, 0.25) is 5.02 Å². The van der Waals surface area contributed by atoms with Crippen LogP contribution in [0.15, 0.2) is 60.8 Å². The second-order valence-electron chi connectivity index (χ2n) is 5.68. The number of nitrogens with zero attached hydrogens (tertiary/aromatic N) is 1. The molecule has 0 spiro atoms. The molecule has 0 aliphatic carbocycles. The summed E-state index contributed by atoms with van der Waals surface area (Å²) in [5.74, 6) is -0.109. The average molecular weight is 386 g/mol. The fourth-order valence-corrected chi connectivity index (χ4v) is 2.67. The lowest BCUT2D eigenvalue weighted by molar-refractivity contribution is 0.102. The zero-order valence-corrected chi connectivity index (χ0v) is 15.3. The molecule has 5 nitrogen and oxygen atoms in total. The van der Waals surface area contributed by atoms with Gasteiger partial charge >= 0.3 is 0 Å². The maximum absolute atomic E-state index is 13.6. The van der Waals surface area contributed by atoms with Crippen molar-refractivity contribution >= 4 is 28.9 Å². The van der Waals surface area contributed by atoms with E-state index in [4.69, 9.17) is 16.3 Å². The number of pyridine rings is 1. The first-order chi connectivity index (χ1) is 13.1. The SMILES string of the molecule is COc1ccc(NC(=O)c2ccc(NCc3ccccc3F)cn2)cc1Cl. The number of rotatable bonds is 6. The van der Waals surface area contributed by atoms with Gasteiger partial charge in [-0.3, -0.25) is 4.79 Å². The molecule has 0 unspecified atom stereocenters. The number of halogens is 2.